The quantitative estimate of drug-likeness (QED) is 0.910. The minimum atomic E-state index is 0.330. The van der Waals surface area contributed by atoms with Crippen LogP contribution in [0.3, 0.4) is 0 Å². The molecule has 0 bridgehead atoms. The zero-order valence-electron chi connectivity index (χ0n) is 11.5. The van der Waals surface area contributed by atoms with Gasteiger partial charge in [0.1, 0.15) is 0 Å². The standard InChI is InChI=1S/C16H21N3/c1-2-16(8-3-9-18-16)12-14-4-6-15(7-5-14)19-11-10-17-13-19/h4-7,10-11,13,18H,2-3,8-9,12H2,1H3. The maximum absolute atomic E-state index is 4.08. The summed E-state index contributed by atoms with van der Waals surface area (Å²) in [4.78, 5) is 4.08. The average Bonchev–Trinajstić information content (AvgIpc) is 3.11. The molecule has 0 aliphatic carbocycles. The molecule has 19 heavy (non-hydrogen) atoms. The van der Waals surface area contributed by atoms with Gasteiger partial charge in [-0.2, -0.15) is 0 Å². The predicted molar refractivity (Wildman–Crippen MR) is 77.5 cm³/mol. The fourth-order valence-corrected chi connectivity index (χ4v) is 3.03. The molecule has 1 N–H and O–H groups in total. The van der Waals surface area contributed by atoms with Gasteiger partial charge in [-0.25, -0.2) is 4.98 Å². The Morgan fingerprint density at radius 1 is 1.32 bits per heavy atom. The second kappa shape index (κ2) is 5.17. The van der Waals surface area contributed by atoms with Crippen molar-refractivity contribution in [3.05, 3.63) is 48.5 Å². The Morgan fingerprint density at radius 3 is 2.74 bits per heavy atom. The summed E-state index contributed by atoms with van der Waals surface area (Å²) in [7, 11) is 0. The second-order valence-electron chi connectivity index (χ2n) is 5.48. The van der Waals surface area contributed by atoms with E-state index in [1.807, 2.05) is 23.3 Å². The molecule has 2 heterocycles. The molecule has 3 heteroatoms. The van der Waals surface area contributed by atoms with Gasteiger partial charge >= 0.3 is 0 Å². The molecule has 1 aliphatic rings. The first-order valence-electron chi connectivity index (χ1n) is 7.14. The topological polar surface area (TPSA) is 29.9 Å². The molecule has 0 radical (unpaired) electrons. The van der Waals surface area contributed by atoms with Gasteiger partial charge in [0.15, 0.2) is 0 Å². The minimum absolute atomic E-state index is 0.330. The number of rotatable bonds is 4. The highest BCUT2D eigenvalue weighted by atomic mass is 15.0. The molecule has 1 aromatic carbocycles. The molecule has 2 aromatic rings. The van der Waals surface area contributed by atoms with Gasteiger partial charge in [-0.05, 0) is 49.9 Å². The highest BCUT2D eigenvalue weighted by Gasteiger charge is 2.31. The summed E-state index contributed by atoms with van der Waals surface area (Å²) >= 11 is 0. The lowest BCUT2D eigenvalue weighted by Crippen LogP contribution is -2.41. The van der Waals surface area contributed by atoms with Crippen LogP contribution in [0, 0.1) is 0 Å². The Morgan fingerprint density at radius 2 is 2.16 bits per heavy atom. The van der Waals surface area contributed by atoms with E-state index in [0.717, 1.165) is 6.42 Å². The van der Waals surface area contributed by atoms with E-state index in [-0.39, 0.29) is 0 Å². The largest absolute Gasteiger partial charge is 0.311 e. The van der Waals surface area contributed by atoms with Gasteiger partial charge < -0.3 is 9.88 Å². The summed E-state index contributed by atoms with van der Waals surface area (Å²) in [6, 6.07) is 8.84. The van der Waals surface area contributed by atoms with E-state index < -0.39 is 0 Å². The zero-order chi connectivity index (χ0) is 13.1. The number of hydrogen-bond acceptors (Lipinski definition) is 2. The highest BCUT2D eigenvalue weighted by Crippen LogP contribution is 2.27. The van der Waals surface area contributed by atoms with Crippen LogP contribution in [-0.4, -0.2) is 21.6 Å². The summed E-state index contributed by atoms with van der Waals surface area (Å²) in [5.41, 5.74) is 2.92. The van der Waals surface area contributed by atoms with Crippen molar-refractivity contribution >= 4 is 0 Å². The predicted octanol–water partition coefficient (Wildman–Crippen LogP) is 2.95. The number of hydrogen-bond donors (Lipinski definition) is 1. The van der Waals surface area contributed by atoms with E-state index in [2.05, 4.69) is 41.5 Å². The van der Waals surface area contributed by atoms with E-state index in [9.17, 15) is 0 Å². The average molecular weight is 255 g/mol. The zero-order valence-corrected chi connectivity index (χ0v) is 11.5. The third-order valence-corrected chi connectivity index (χ3v) is 4.29. The van der Waals surface area contributed by atoms with Crippen molar-refractivity contribution in [2.75, 3.05) is 6.54 Å². The molecule has 1 fully saturated rings. The Hall–Kier alpha value is -1.61. The summed E-state index contributed by atoms with van der Waals surface area (Å²) in [6.07, 6.45) is 10.6. The highest BCUT2D eigenvalue weighted by molar-refractivity contribution is 5.35. The molecule has 3 nitrogen and oxygen atoms in total. The van der Waals surface area contributed by atoms with Crippen molar-refractivity contribution in [1.82, 2.24) is 14.9 Å². The van der Waals surface area contributed by atoms with Gasteiger partial charge in [0.2, 0.25) is 0 Å². The Balaban J connectivity index is 1.76. The molecule has 1 unspecified atom stereocenters. The van der Waals surface area contributed by atoms with Crippen molar-refractivity contribution in [1.29, 1.82) is 0 Å². The molecular formula is C16H21N3. The number of nitrogens with one attached hydrogen (secondary N) is 1. The molecule has 0 saturated carbocycles. The van der Waals surface area contributed by atoms with Crippen molar-refractivity contribution in [2.45, 2.75) is 38.1 Å². The number of aromatic nitrogens is 2. The van der Waals surface area contributed by atoms with E-state index in [0.29, 0.717) is 5.54 Å². The van der Waals surface area contributed by atoms with Crippen LogP contribution in [0.1, 0.15) is 31.7 Å². The van der Waals surface area contributed by atoms with E-state index in [1.165, 1.54) is 37.1 Å². The summed E-state index contributed by atoms with van der Waals surface area (Å²) < 4.78 is 2.03. The molecule has 1 aromatic heterocycles. The molecule has 1 atom stereocenters. The van der Waals surface area contributed by atoms with Crippen molar-refractivity contribution in [3.63, 3.8) is 0 Å². The SMILES string of the molecule is CCC1(Cc2ccc(-n3ccnc3)cc2)CCCN1. The maximum atomic E-state index is 4.08. The summed E-state index contributed by atoms with van der Waals surface area (Å²) in [5, 5.41) is 3.70. The summed E-state index contributed by atoms with van der Waals surface area (Å²) in [5.74, 6) is 0. The molecule has 1 aliphatic heterocycles. The van der Waals surface area contributed by atoms with Crippen LogP contribution in [0.25, 0.3) is 5.69 Å². The smallest absolute Gasteiger partial charge is 0.0991 e. The van der Waals surface area contributed by atoms with E-state index >= 15 is 0 Å². The van der Waals surface area contributed by atoms with Gasteiger partial charge in [0.05, 0.1) is 6.33 Å². The minimum Gasteiger partial charge on any atom is -0.311 e. The fourth-order valence-electron chi connectivity index (χ4n) is 3.03. The van der Waals surface area contributed by atoms with Gasteiger partial charge in [0.25, 0.3) is 0 Å². The van der Waals surface area contributed by atoms with Gasteiger partial charge in [-0.15, -0.1) is 0 Å². The Labute approximate surface area is 114 Å². The monoisotopic (exact) mass is 255 g/mol. The number of nitrogens with zero attached hydrogens (tertiary/aromatic N) is 2. The van der Waals surface area contributed by atoms with Crippen LogP contribution >= 0.6 is 0 Å². The summed E-state index contributed by atoms with van der Waals surface area (Å²) in [6.45, 7) is 3.46. The molecular weight excluding hydrogens is 234 g/mol. The normalized spacial score (nSPS) is 22.8. The lowest BCUT2D eigenvalue weighted by Gasteiger charge is -2.28. The van der Waals surface area contributed by atoms with Crippen molar-refractivity contribution in [3.8, 4) is 5.69 Å². The van der Waals surface area contributed by atoms with Crippen molar-refractivity contribution < 1.29 is 0 Å². The molecule has 0 spiro atoms. The van der Waals surface area contributed by atoms with E-state index in [1.54, 1.807) is 0 Å². The van der Waals surface area contributed by atoms with Gasteiger partial charge in [-0.3, -0.25) is 0 Å². The van der Waals surface area contributed by atoms with Gasteiger partial charge in [-0.1, -0.05) is 19.1 Å². The first kappa shape index (κ1) is 12.4. The Bertz CT molecular complexity index is 507. The van der Waals surface area contributed by atoms with E-state index in [4.69, 9.17) is 0 Å². The third kappa shape index (κ3) is 2.56. The second-order valence-corrected chi connectivity index (χ2v) is 5.48. The first-order chi connectivity index (χ1) is 9.31. The maximum Gasteiger partial charge on any atom is 0.0991 e. The molecule has 100 valence electrons. The number of benzene rings is 1. The third-order valence-electron chi connectivity index (χ3n) is 4.29. The van der Waals surface area contributed by atoms with Crippen LogP contribution in [-0.2, 0) is 6.42 Å². The lowest BCUT2D eigenvalue weighted by molar-refractivity contribution is 0.360. The first-order valence-corrected chi connectivity index (χ1v) is 7.14. The molecule has 0 amide bonds. The van der Waals surface area contributed by atoms with Crippen molar-refractivity contribution in [2.24, 2.45) is 0 Å². The molecule has 3 rings (SSSR count). The van der Waals surface area contributed by atoms with Crippen LogP contribution in [0.4, 0.5) is 0 Å². The fraction of sp³-hybridized carbons (Fsp3) is 0.438. The van der Waals surface area contributed by atoms with Crippen LogP contribution in [0.2, 0.25) is 0 Å². The Kier molecular flexibility index (Phi) is 3.38. The van der Waals surface area contributed by atoms with Crippen LogP contribution in [0.5, 0.6) is 0 Å². The molecule has 1 saturated heterocycles. The van der Waals surface area contributed by atoms with Crippen LogP contribution in [0.15, 0.2) is 43.0 Å². The number of imidazole rings is 1. The van der Waals surface area contributed by atoms with Gasteiger partial charge in [0, 0.05) is 23.6 Å². The van der Waals surface area contributed by atoms with Crippen LogP contribution < -0.4 is 5.32 Å². The lowest BCUT2D eigenvalue weighted by atomic mass is 9.87.